The number of ether oxygens (including phenoxy) is 4. The fourth-order valence-corrected chi connectivity index (χ4v) is 6.21. The second-order valence-electron chi connectivity index (χ2n) is 8.54. The number of carbonyl (C=O) groups is 5. The Morgan fingerprint density at radius 3 is 2.29 bits per heavy atom. The van der Waals surface area contributed by atoms with Gasteiger partial charge in [0.15, 0.2) is 5.41 Å². The molecule has 9 nitrogen and oxygen atoms in total. The Kier molecular flexibility index (Phi) is 5.02. The minimum absolute atomic E-state index is 0.165. The van der Waals surface area contributed by atoms with Crippen molar-refractivity contribution in [2.24, 2.45) is 35.0 Å². The van der Waals surface area contributed by atoms with E-state index in [4.69, 9.17) is 18.9 Å². The number of esters is 5. The fourth-order valence-electron chi connectivity index (χ4n) is 6.21. The quantitative estimate of drug-likeness (QED) is 0.279. The summed E-state index contributed by atoms with van der Waals surface area (Å²) >= 11 is 0. The number of cyclic esters (lactones) is 2. The van der Waals surface area contributed by atoms with E-state index in [1.807, 2.05) is 13.0 Å². The summed E-state index contributed by atoms with van der Waals surface area (Å²) in [6.07, 6.45) is 3.36. The van der Waals surface area contributed by atoms with E-state index in [0.29, 0.717) is 6.42 Å². The summed E-state index contributed by atoms with van der Waals surface area (Å²) in [5, 5.41) is 0. The highest BCUT2D eigenvalue weighted by Gasteiger charge is 2.74. The van der Waals surface area contributed by atoms with Crippen LogP contribution in [-0.4, -0.2) is 50.2 Å². The number of methoxy groups -OCH3 is 2. The van der Waals surface area contributed by atoms with Crippen molar-refractivity contribution < 1.29 is 42.9 Å². The lowest BCUT2D eigenvalue weighted by atomic mass is 9.60. The van der Waals surface area contributed by atoms with Crippen LogP contribution in [0.3, 0.4) is 0 Å². The Morgan fingerprint density at radius 1 is 1.06 bits per heavy atom. The first-order valence-electron chi connectivity index (χ1n) is 10.2. The van der Waals surface area contributed by atoms with Crippen LogP contribution < -0.4 is 0 Å². The van der Waals surface area contributed by atoms with E-state index in [0.717, 1.165) is 25.4 Å². The van der Waals surface area contributed by atoms with Crippen molar-refractivity contribution in [3.8, 4) is 0 Å². The molecule has 3 aliphatic carbocycles. The highest BCUT2D eigenvalue weighted by molar-refractivity contribution is 6.05. The minimum Gasteiger partial charge on any atom is -0.468 e. The fraction of sp³-hybridized carbons (Fsp3) is 0.591. The van der Waals surface area contributed by atoms with E-state index in [2.05, 4.69) is 0 Å². The van der Waals surface area contributed by atoms with Crippen molar-refractivity contribution in [2.45, 2.75) is 32.8 Å². The first-order valence-corrected chi connectivity index (χ1v) is 10.2. The monoisotopic (exact) mass is 432 g/mol. The van der Waals surface area contributed by atoms with Gasteiger partial charge >= 0.3 is 29.8 Å². The van der Waals surface area contributed by atoms with Gasteiger partial charge in [-0.1, -0.05) is 17.2 Å². The molecule has 0 radical (unpaired) electrons. The van der Waals surface area contributed by atoms with Gasteiger partial charge in [-0.15, -0.1) is 0 Å². The van der Waals surface area contributed by atoms with Crippen LogP contribution in [0.25, 0.3) is 0 Å². The van der Waals surface area contributed by atoms with Gasteiger partial charge in [0, 0.05) is 24.7 Å². The number of hydrogen-bond donors (Lipinski definition) is 0. The van der Waals surface area contributed by atoms with Gasteiger partial charge in [0.25, 0.3) is 0 Å². The average Bonchev–Trinajstić information content (AvgIpc) is 3.18. The molecule has 0 N–H and O–H groups in total. The first kappa shape index (κ1) is 21.3. The summed E-state index contributed by atoms with van der Waals surface area (Å²) in [4.78, 5) is 63.3. The molecule has 2 fully saturated rings. The maximum atomic E-state index is 13.3. The zero-order chi connectivity index (χ0) is 22.7. The SMILES string of the molecule is COC(=O)C1(C(=O)OC)[C@@H]2C[C@@H](OC(C)=O)C=C[C@@H]2C2=C(C)C[C@H]3C(=O)OC(=O)[C@H]3[C@H]21. The van der Waals surface area contributed by atoms with Gasteiger partial charge in [-0.2, -0.15) is 0 Å². The lowest BCUT2D eigenvalue weighted by Crippen LogP contribution is -2.54. The third-order valence-electron chi connectivity index (χ3n) is 7.17. The molecule has 1 saturated carbocycles. The van der Waals surface area contributed by atoms with Crippen molar-refractivity contribution >= 4 is 29.8 Å². The number of allylic oxidation sites excluding steroid dienone is 3. The predicted octanol–water partition coefficient (Wildman–Crippen LogP) is 1.11. The van der Waals surface area contributed by atoms with Crippen LogP contribution in [0.15, 0.2) is 23.3 Å². The zero-order valence-corrected chi connectivity index (χ0v) is 17.7. The molecule has 4 rings (SSSR count). The molecule has 1 aliphatic heterocycles. The summed E-state index contributed by atoms with van der Waals surface area (Å²) in [6.45, 7) is 3.11. The van der Waals surface area contributed by atoms with Gasteiger partial charge in [-0.3, -0.25) is 24.0 Å². The van der Waals surface area contributed by atoms with Crippen LogP contribution in [-0.2, 0) is 42.9 Å². The summed E-state index contributed by atoms with van der Waals surface area (Å²) < 4.78 is 20.4. The minimum atomic E-state index is -1.87. The molecule has 0 unspecified atom stereocenters. The van der Waals surface area contributed by atoms with E-state index in [1.54, 1.807) is 6.08 Å². The Balaban J connectivity index is 1.96. The molecule has 0 aromatic rings. The Bertz CT molecular complexity index is 927. The number of hydrogen-bond acceptors (Lipinski definition) is 9. The van der Waals surface area contributed by atoms with E-state index < -0.39 is 65.0 Å². The molecule has 1 heterocycles. The Morgan fingerprint density at radius 2 is 1.71 bits per heavy atom. The largest absolute Gasteiger partial charge is 0.468 e. The van der Waals surface area contributed by atoms with Gasteiger partial charge in [-0.25, -0.2) is 0 Å². The average molecular weight is 432 g/mol. The van der Waals surface area contributed by atoms with Crippen molar-refractivity contribution in [2.75, 3.05) is 14.2 Å². The third kappa shape index (κ3) is 2.78. The number of rotatable bonds is 3. The highest BCUT2D eigenvalue weighted by atomic mass is 16.6. The molecule has 0 aromatic heterocycles. The predicted molar refractivity (Wildman–Crippen MR) is 102 cm³/mol. The summed E-state index contributed by atoms with van der Waals surface area (Å²) in [7, 11) is 2.33. The van der Waals surface area contributed by atoms with Crippen LogP contribution in [0.1, 0.15) is 26.7 Å². The molecule has 6 atom stereocenters. The summed E-state index contributed by atoms with van der Waals surface area (Å²) in [5.74, 6) is -7.34. The van der Waals surface area contributed by atoms with Gasteiger partial charge in [0.05, 0.1) is 26.1 Å². The number of carbonyl (C=O) groups excluding carboxylic acids is 5. The van der Waals surface area contributed by atoms with Crippen LogP contribution in [0.5, 0.6) is 0 Å². The van der Waals surface area contributed by atoms with Gasteiger partial charge < -0.3 is 18.9 Å². The van der Waals surface area contributed by atoms with Gasteiger partial charge in [-0.05, 0) is 25.8 Å². The van der Waals surface area contributed by atoms with E-state index in [9.17, 15) is 24.0 Å². The zero-order valence-electron chi connectivity index (χ0n) is 17.7. The molecular weight excluding hydrogens is 408 g/mol. The van der Waals surface area contributed by atoms with E-state index >= 15 is 0 Å². The molecule has 0 amide bonds. The highest BCUT2D eigenvalue weighted by Crippen LogP contribution is 2.66. The van der Waals surface area contributed by atoms with E-state index in [1.165, 1.54) is 6.92 Å². The lowest BCUT2D eigenvalue weighted by Gasteiger charge is -2.40. The van der Waals surface area contributed by atoms with Crippen molar-refractivity contribution in [1.82, 2.24) is 0 Å². The summed E-state index contributed by atoms with van der Waals surface area (Å²) in [5.41, 5.74) is -0.287. The molecular formula is C22H24O9. The first-order chi connectivity index (χ1) is 14.7. The van der Waals surface area contributed by atoms with Crippen molar-refractivity contribution in [3.05, 3.63) is 23.3 Å². The van der Waals surface area contributed by atoms with Crippen LogP contribution in [0.2, 0.25) is 0 Å². The second kappa shape index (κ2) is 7.32. The number of fused-ring (bicyclic) bond motifs is 5. The van der Waals surface area contributed by atoms with Crippen LogP contribution in [0, 0.1) is 35.0 Å². The van der Waals surface area contributed by atoms with E-state index in [-0.39, 0.29) is 12.3 Å². The van der Waals surface area contributed by atoms with Crippen LogP contribution >= 0.6 is 0 Å². The lowest BCUT2D eigenvalue weighted by molar-refractivity contribution is -0.179. The topological polar surface area (TPSA) is 122 Å². The molecule has 9 heteroatoms. The molecule has 31 heavy (non-hydrogen) atoms. The molecule has 4 aliphatic rings. The smallest absolute Gasteiger partial charge is 0.324 e. The Labute approximate surface area is 178 Å². The molecule has 0 aromatic carbocycles. The van der Waals surface area contributed by atoms with Gasteiger partial charge in [0.1, 0.15) is 6.10 Å². The maximum absolute atomic E-state index is 13.3. The maximum Gasteiger partial charge on any atom is 0.324 e. The van der Waals surface area contributed by atoms with Crippen molar-refractivity contribution in [1.29, 1.82) is 0 Å². The molecule has 166 valence electrons. The molecule has 0 spiro atoms. The third-order valence-corrected chi connectivity index (χ3v) is 7.17. The second-order valence-corrected chi connectivity index (χ2v) is 8.54. The molecule has 0 bridgehead atoms. The Hall–Kier alpha value is -2.97. The van der Waals surface area contributed by atoms with Crippen molar-refractivity contribution in [3.63, 3.8) is 0 Å². The molecule has 1 saturated heterocycles. The standard InChI is InChI=1S/C22H24O9/c1-9-7-13-16(19(25)31-18(13)24)17-15(9)12-6-5-11(30-10(2)23)8-14(12)22(17,20(26)28-3)21(27)29-4/h5-6,11-14,16-17H,7-8H2,1-4H3/t11-,12-,13+,14+,16+,17-/m0/s1. The summed E-state index contributed by atoms with van der Waals surface area (Å²) in [6, 6.07) is 0. The van der Waals surface area contributed by atoms with Gasteiger partial charge in [0.2, 0.25) is 0 Å². The normalized spacial score (nSPS) is 35.0. The van der Waals surface area contributed by atoms with Crippen LogP contribution in [0.4, 0.5) is 0 Å².